The number of aromatic nitrogens is 20. The third-order valence-electron chi connectivity index (χ3n) is 21.2. The first-order valence-electron chi connectivity index (χ1n) is 46.5. The van der Waals surface area contributed by atoms with Crippen LogP contribution in [0.2, 0.25) is 19.6 Å². The molecule has 15 heterocycles. The molecular weight excluding hydrogens is 2430 g/mol. The van der Waals surface area contributed by atoms with E-state index in [1.807, 2.05) is 48.5 Å². The van der Waals surface area contributed by atoms with Gasteiger partial charge in [-0.15, -0.1) is 73.7 Å². The summed E-state index contributed by atoms with van der Waals surface area (Å²) >= 11 is 26.6. The summed E-state index contributed by atoms with van der Waals surface area (Å²) in [5, 5.41) is 104. The van der Waals surface area contributed by atoms with Gasteiger partial charge in [0.25, 0.3) is 11.8 Å². The van der Waals surface area contributed by atoms with Crippen LogP contribution in [0.1, 0.15) is 206 Å². The number of anilines is 10. The highest BCUT2D eigenvalue weighted by Crippen LogP contribution is 2.46. The zero-order chi connectivity index (χ0) is 107. The Morgan fingerprint density at radius 3 is 1.08 bits per heavy atom. The predicted molar refractivity (Wildman–Crippen MR) is 602 cm³/mol. The van der Waals surface area contributed by atoms with Gasteiger partial charge in [-0.2, -0.15) is 30.9 Å². The molecule has 0 aromatic carbocycles. The van der Waals surface area contributed by atoms with E-state index in [1.165, 1.54) is 123 Å². The van der Waals surface area contributed by atoms with E-state index >= 15 is 0 Å². The van der Waals surface area contributed by atoms with Crippen molar-refractivity contribution < 1.29 is 48.7 Å². The molecule has 15 aromatic heterocycles. The number of carbonyl (C=O) groups is 7. The molecular formula is C95H99BBr6N32O10S5Si. The SMILES string of the molecule is Brc1ncc(Br)c(Nc2cc(C3CC3)[nH]n2)n1.C#C[Si](C)(C)C.CC(=O)CCCN.CC(=O)NCCNC(=O)c1ccc(-c2ncc(Br)c(Nc3cc(C4CC4)[nH]n3)n2)s1.CC(=O)NCCNC(=O)c1ccc(-c2ncc(Br)c(Nc3cc(C4CC4)n(C(C)=O)n3)n2)s1.N#Cc1ccc(-c2ncc(Br)c(Nc3cc(C4CC4)[nH]n3)n2)s1.N#Cc1ccc(B(O)O)s1.O=C(O)c1ccc(-c2ncc(Br)c(Nc3cc(C4CC4)[nH]n3)n2)s1. The van der Waals surface area contributed by atoms with Crippen LogP contribution in [0, 0.1) is 34.6 Å². The maximum atomic E-state index is 12.3. The molecule has 5 saturated carbocycles. The Labute approximate surface area is 931 Å². The molecule has 18 N–H and O–H groups in total. The van der Waals surface area contributed by atoms with Crippen molar-refractivity contribution in [1.82, 2.24) is 122 Å². The summed E-state index contributed by atoms with van der Waals surface area (Å²) in [6.45, 7) is 14.5. The van der Waals surface area contributed by atoms with Crippen LogP contribution in [0.3, 0.4) is 0 Å². The number of nitriles is 2. The number of H-pyrrole nitrogens is 4. The first-order valence-corrected chi connectivity index (χ1v) is 58.8. The second-order valence-corrected chi connectivity index (χ2v) is 50.1. The van der Waals surface area contributed by atoms with E-state index in [0.29, 0.717) is 181 Å². The fourth-order valence-electron chi connectivity index (χ4n) is 12.9. The highest BCUT2D eigenvalue weighted by molar-refractivity contribution is 9.11. The van der Waals surface area contributed by atoms with E-state index in [9.17, 15) is 33.6 Å². The summed E-state index contributed by atoms with van der Waals surface area (Å²) in [4.78, 5) is 129. The smallest absolute Gasteiger partial charge is 0.477 e. The molecule has 0 atom stereocenters. The zero-order valence-corrected chi connectivity index (χ0v) is 95.8. The minimum atomic E-state index is -1.45. The summed E-state index contributed by atoms with van der Waals surface area (Å²) in [6.07, 6.45) is 26.8. The number of carboxylic acid groups (broad SMARTS) is 1. The van der Waals surface area contributed by atoms with Crippen molar-refractivity contribution in [2.75, 3.05) is 59.3 Å². The minimum Gasteiger partial charge on any atom is -0.477 e. The van der Waals surface area contributed by atoms with Crippen molar-refractivity contribution in [3.63, 3.8) is 0 Å². The second kappa shape index (κ2) is 54.8. The van der Waals surface area contributed by atoms with Gasteiger partial charge in [0.15, 0.2) is 62.9 Å². The van der Waals surface area contributed by atoms with E-state index in [-0.39, 0.29) is 40.2 Å². The lowest BCUT2D eigenvalue weighted by molar-refractivity contribution is -0.119. The number of halogens is 6. The number of amides is 4. The number of nitrogens with one attached hydrogen (secondary N) is 13. The quantitative estimate of drug-likeness (QED) is 0.00806. The topological polar surface area (TPSA) is 623 Å². The summed E-state index contributed by atoms with van der Waals surface area (Å²) in [5.41, 5.74) is 13.4. The van der Waals surface area contributed by atoms with Gasteiger partial charge in [-0.05, 0) is 234 Å². The number of nitrogens with two attached hydrogens (primary N) is 1. The fourth-order valence-corrected chi connectivity index (χ4v) is 18.6. The van der Waals surface area contributed by atoms with Crippen molar-refractivity contribution in [3.8, 4) is 66.9 Å². The van der Waals surface area contributed by atoms with Crippen LogP contribution in [-0.2, 0) is 14.4 Å². The van der Waals surface area contributed by atoms with Crippen molar-refractivity contribution in [1.29, 1.82) is 10.5 Å². The van der Waals surface area contributed by atoms with Gasteiger partial charge in [-0.1, -0.05) is 25.7 Å². The molecule has 0 saturated heterocycles. The molecule has 0 spiro atoms. The summed E-state index contributed by atoms with van der Waals surface area (Å²) in [5.74, 6) is 9.79. The van der Waals surface area contributed by atoms with E-state index in [4.69, 9.17) is 37.8 Å². The summed E-state index contributed by atoms with van der Waals surface area (Å²) in [6, 6.07) is 31.0. The second-order valence-electron chi connectivity index (χ2n) is 34.8. The number of rotatable bonds is 32. The predicted octanol–water partition coefficient (Wildman–Crippen LogP) is 19.1. The van der Waals surface area contributed by atoms with Crippen molar-refractivity contribution >= 4 is 272 Å². The fraction of sp³-hybridized carbons (Fsp3) is 0.305. The maximum absolute atomic E-state index is 12.3. The molecule has 150 heavy (non-hydrogen) atoms. The lowest BCUT2D eigenvalue weighted by atomic mass is 9.90. The van der Waals surface area contributed by atoms with Crippen molar-refractivity contribution in [2.24, 2.45) is 5.73 Å². The standard InChI is InChI=1S/C21H22BrN7O3S.C19H20BrN7O2S.C15H11BrN6S.C15H12BrN5O2S.C10H9Br2N5.C5H4BNO2S.C5H11NO.C5H10Si/c1-11(30)23-7-8-24-21(32)17-6-5-16(33-17)20-25-10-14(22)19(27-20)26-18-9-15(13-3-4-13)29(28-18)12(2)31;1-10(28)21-6-7-22-19(29)15-5-4-14(30-15)18-23-9-12(20)17(25-18)24-16-8-13(26-27-16)11-2-3-11;16-10-7-18-15(12-4-3-9(6-17)23-12)20-14(10)19-13-5-11(21-22-13)8-1-2-8;16-8-6-17-14(10-3-4-11(24-10)15(22)23)19-13(8)18-12-5-9(20-21-12)7-1-2-7;11-6-4-13-10(12)15-9(6)14-8-3-7(16-17-8)5-1-2-5;7-3-4-1-2-5(10-4)6(8)9;1-5(7)3-2-4-6;1-5-6(2,3)4/h5-6,9-10,13H,3-4,7-8H2,1-2H3,(H,23,30)(H,24,32)(H,25,26,27,28);4-5,8-9,11H,2-3,6-7H2,1H3,(H,21,28)(H,22,29)(H2,23,24,25,26,27);3-5,7-8H,1-2H2,(H2,18,19,20,21,22);3-7H,1-2H2,(H,22,23)(H2,17,18,19,20,21);3-5H,1-2H2,(H2,13,14,15,16,17);1-2,8-9H;2-4,6H2,1H3;1H,2-4H3. The van der Waals surface area contributed by atoms with Gasteiger partial charge in [0.1, 0.15) is 63.9 Å². The van der Waals surface area contributed by atoms with Gasteiger partial charge in [0, 0.05) is 172 Å². The number of thiophene rings is 5. The monoisotopic (exact) mass is 2520 g/mol. The molecule has 778 valence electrons. The first kappa shape index (κ1) is 114. The Morgan fingerprint density at radius 2 is 0.780 bits per heavy atom. The highest BCUT2D eigenvalue weighted by atomic mass is 79.9. The molecule has 5 aliphatic rings. The normalized spacial score (nSPS) is 12.9. The number of Topliss-reactive ketones (excluding diaryl/α,β-unsaturated/α-hetero) is 1. The van der Waals surface area contributed by atoms with Gasteiger partial charge in [0.2, 0.25) is 17.7 Å². The van der Waals surface area contributed by atoms with Crippen molar-refractivity contribution in [3.05, 3.63) is 202 Å². The number of hydrogen-bond donors (Lipinski definition) is 17. The number of aromatic carboxylic acids is 1. The average Bonchev–Trinajstić information content (AvgIpc) is 1.64. The Balaban J connectivity index is 0.000000150. The van der Waals surface area contributed by atoms with Crippen LogP contribution >= 0.6 is 152 Å². The number of nitrogens with zero attached hydrogens (tertiary/aromatic N) is 18. The number of ketones is 1. The van der Waals surface area contributed by atoms with E-state index in [1.54, 1.807) is 80.4 Å². The maximum Gasteiger partial charge on any atom is 0.499 e. The van der Waals surface area contributed by atoms with Crippen LogP contribution in [0.5, 0.6) is 0 Å². The zero-order valence-electron chi connectivity index (χ0n) is 81.2. The molecule has 42 nitrogen and oxygen atoms in total. The Kier molecular flexibility index (Phi) is 41.8. The Morgan fingerprint density at radius 1 is 0.453 bits per heavy atom. The van der Waals surface area contributed by atoms with Gasteiger partial charge in [-0.3, -0.25) is 44.4 Å². The molecule has 0 bridgehead atoms. The Bertz CT molecular complexity index is 7400. The molecule has 55 heteroatoms. The molecule has 15 aromatic rings. The van der Waals surface area contributed by atoms with Gasteiger partial charge < -0.3 is 73.5 Å². The first-order chi connectivity index (χ1) is 71.9. The van der Waals surface area contributed by atoms with E-state index < -0.39 is 21.2 Å². The lowest BCUT2D eigenvalue weighted by Crippen LogP contribution is -2.33. The van der Waals surface area contributed by atoms with Crippen molar-refractivity contribution in [2.45, 2.75) is 154 Å². The van der Waals surface area contributed by atoms with Crippen LogP contribution in [0.25, 0.3) is 42.8 Å². The molecule has 5 fully saturated rings. The van der Waals surface area contributed by atoms with E-state index in [2.05, 4.69) is 270 Å². The molecule has 0 radical (unpaired) electrons. The van der Waals surface area contributed by atoms with Gasteiger partial charge in [-0.25, -0.2) is 59.3 Å². The largest absolute Gasteiger partial charge is 0.499 e. The summed E-state index contributed by atoms with van der Waals surface area (Å²) < 4.78 is 6.01. The molecule has 5 aliphatic carbocycles. The number of hydrogen-bond acceptors (Lipinski definition) is 37. The van der Waals surface area contributed by atoms with E-state index in [0.717, 1.165) is 104 Å². The van der Waals surface area contributed by atoms with Gasteiger partial charge >= 0.3 is 13.1 Å². The molecule has 20 rings (SSSR count). The van der Waals surface area contributed by atoms with Crippen LogP contribution < -0.4 is 58.4 Å². The van der Waals surface area contributed by atoms with Gasteiger partial charge in [0.05, 0.1) is 57.3 Å². The molecule has 0 unspecified atom stereocenters. The number of terminal acetylenes is 1. The molecule has 0 aliphatic heterocycles. The lowest BCUT2D eigenvalue weighted by Gasteiger charge is -2.06. The third-order valence-corrected chi connectivity index (χ3v) is 30.6. The number of carbonyl (C=O) groups excluding carboxylic acids is 6. The van der Waals surface area contributed by atoms with Crippen LogP contribution in [0.15, 0.2) is 149 Å². The molecule has 4 amide bonds. The third kappa shape index (κ3) is 35.7. The number of carboxylic acids is 1. The minimum absolute atomic E-state index is 0.127. The van der Waals surface area contributed by atoms with Crippen LogP contribution in [0.4, 0.5) is 58.2 Å². The highest BCUT2D eigenvalue weighted by Gasteiger charge is 2.33. The number of aromatic amines is 4. The van der Waals surface area contributed by atoms with Crippen LogP contribution in [-0.4, -0.2) is 205 Å². The Hall–Kier alpha value is -12.8. The summed E-state index contributed by atoms with van der Waals surface area (Å²) in [7, 11) is -2.56. The average molecular weight is 2530 g/mol.